The Morgan fingerprint density at radius 1 is 1.04 bits per heavy atom. The van der Waals surface area contributed by atoms with E-state index in [-0.39, 0.29) is 5.91 Å². The zero-order valence-corrected chi connectivity index (χ0v) is 16.9. The van der Waals surface area contributed by atoms with Crippen LogP contribution >= 0.6 is 11.3 Å². The smallest absolute Gasteiger partial charge is 0.279 e. The highest BCUT2D eigenvalue weighted by Crippen LogP contribution is 2.29. The van der Waals surface area contributed by atoms with E-state index in [4.69, 9.17) is 9.47 Å². The lowest BCUT2D eigenvalue weighted by molar-refractivity contribution is -0.117. The molecule has 0 saturated carbocycles. The summed E-state index contributed by atoms with van der Waals surface area (Å²) in [5.74, 6) is 0.541. The molecule has 0 aliphatic heterocycles. The highest BCUT2D eigenvalue weighted by atomic mass is 32.1. The molecule has 0 radical (unpaired) electrons. The normalized spacial score (nSPS) is 13.5. The van der Waals surface area contributed by atoms with Crippen LogP contribution in [0.4, 0.5) is 0 Å². The molecule has 148 valence electrons. The number of rotatable bonds is 5. The average molecular weight is 401 g/mol. The van der Waals surface area contributed by atoms with Crippen LogP contribution in [0.25, 0.3) is 6.08 Å². The molecule has 3 rings (SSSR count). The van der Waals surface area contributed by atoms with Gasteiger partial charge in [-0.15, -0.1) is 11.3 Å². The summed E-state index contributed by atoms with van der Waals surface area (Å²) in [5.41, 5.74) is 6.89. The van der Waals surface area contributed by atoms with E-state index in [2.05, 4.69) is 10.9 Å². The molecule has 0 bridgehead atoms. The molecule has 1 aromatic carbocycles. The Hall–Kier alpha value is -2.80. The molecule has 2 aromatic rings. The number of amides is 2. The molecule has 0 fully saturated rings. The molecular formula is C21H24N2O4S. The lowest BCUT2D eigenvalue weighted by Crippen LogP contribution is -2.40. The van der Waals surface area contributed by atoms with E-state index in [1.54, 1.807) is 38.5 Å². The van der Waals surface area contributed by atoms with Crippen LogP contribution < -0.4 is 20.3 Å². The third kappa shape index (κ3) is 4.92. The van der Waals surface area contributed by atoms with Crippen molar-refractivity contribution in [3.05, 3.63) is 51.2 Å². The van der Waals surface area contributed by atoms with Gasteiger partial charge in [0.2, 0.25) is 0 Å². The van der Waals surface area contributed by atoms with Gasteiger partial charge in [-0.25, -0.2) is 0 Å². The van der Waals surface area contributed by atoms with Crippen molar-refractivity contribution in [2.24, 2.45) is 0 Å². The summed E-state index contributed by atoms with van der Waals surface area (Å²) in [6, 6.07) is 7.26. The second-order valence-electron chi connectivity index (χ2n) is 6.50. The van der Waals surface area contributed by atoms with Crippen LogP contribution in [0.15, 0.2) is 30.3 Å². The Kier molecular flexibility index (Phi) is 6.71. The van der Waals surface area contributed by atoms with Crippen LogP contribution in [0.2, 0.25) is 0 Å². The zero-order chi connectivity index (χ0) is 19.9. The van der Waals surface area contributed by atoms with Gasteiger partial charge in [0.1, 0.15) is 11.5 Å². The quantitative estimate of drug-likeness (QED) is 0.457. The van der Waals surface area contributed by atoms with Gasteiger partial charge >= 0.3 is 0 Å². The number of hydrogen-bond donors (Lipinski definition) is 2. The second kappa shape index (κ2) is 9.41. The molecule has 0 saturated heterocycles. The minimum atomic E-state index is -0.427. The average Bonchev–Trinajstić information content (AvgIpc) is 3.00. The molecular weight excluding hydrogens is 376 g/mol. The Morgan fingerprint density at radius 3 is 2.64 bits per heavy atom. The largest absolute Gasteiger partial charge is 0.497 e. The van der Waals surface area contributed by atoms with Gasteiger partial charge in [0.05, 0.1) is 19.1 Å². The highest BCUT2D eigenvalue weighted by molar-refractivity contribution is 7.14. The maximum absolute atomic E-state index is 12.3. The fourth-order valence-corrected chi connectivity index (χ4v) is 4.27. The number of carbonyl (C=O) groups excluding carboxylic acids is 2. The summed E-state index contributed by atoms with van der Waals surface area (Å²) >= 11 is 1.52. The number of fused-ring (bicyclic) bond motifs is 1. The van der Waals surface area contributed by atoms with Crippen LogP contribution in [0.3, 0.4) is 0 Å². The van der Waals surface area contributed by atoms with E-state index in [1.165, 1.54) is 47.1 Å². The number of hydrazine groups is 1. The lowest BCUT2D eigenvalue weighted by Gasteiger charge is -2.07. The first-order valence-electron chi connectivity index (χ1n) is 9.22. The maximum Gasteiger partial charge on any atom is 0.279 e. The number of nitrogens with one attached hydrogen (secondary N) is 2. The van der Waals surface area contributed by atoms with Gasteiger partial charge < -0.3 is 9.47 Å². The van der Waals surface area contributed by atoms with Gasteiger partial charge in [-0.05, 0) is 55.5 Å². The molecule has 28 heavy (non-hydrogen) atoms. The molecule has 2 N–H and O–H groups in total. The molecule has 2 amide bonds. The molecule has 1 aromatic heterocycles. The standard InChI is InChI=1S/C21H24N2O4S/c1-26-16-10-8-14(17(13-16)27-2)9-11-20(24)22-23-21(25)19-12-15-6-4-3-5-7-18(15)28-19/h8-13H,3-7H2,1-2H3,(H,22,24)(H,23,25)/b11-9+. The first kappa shape index (κ1) is 19.9. The summed E-state index contributed by atoms with van der Waals surface area (Å²) in [4.78, 5) is 26.3. The van der Waals surface area contributed by atoms with Crippen molar-refractivity contribution in [3.63, 3.8) is 0 Å². The first-order valence-corrected chi connectivity index (χ1v) is 10.0. The van der Waals surface area contributed by atoms with Crippen LogP contribution in [0.1, 0.15) is 44.9 Å². The van der Waals surface area contributed by atoms with E-state index >= 15 is 0 Å². The molecule has 6 nitrogen and oxygen atoms in total. The van der Waals surface area contributed by atoms with Crippen molar-refractivity contribution in [3.8, 4) is 11.5 Å². The Labute approximate surface area is 168 Å². The van der Waals surface area contributed by atoms with Crippen LogP contribution in [-0.4, -0.2) is 26.0 Å². The fraction of sp³-hybridized carbons (Fsp3) is 0.333. The number of ether oxygens (including phenoxy) is 2. The Balaban J connectivity index is 1.57. The van der Waals surface area contributed by atoms with Gasteiger partial charge in [0.15, 0.2) is 0 Å². The predicted molar refractivity (Wildman–Crippen MR) is 110 cm³/mol. The van der Waals surface area contributed by atoms with E-state index < -0.39 is 5.91 Å². The van der Waals surface area contributed by atoms with Crippen molar-refractivity contribution in [1.29, 1.82) is 0 Å². The SMILES string of the molecule is COc1ccc(/C=C/C(=O)NNC(=O)c2cc3c(s2)CCCCC3)c(OC)c1. The Morgan fingerprint density at radius 2 is 1.86 bits per heavy atom. The van der Waals surface area contributed by atoms with Gasteiger partial charge in [0.25, 0.3) is 11.8 Å². The minimum absolute atomic E-state index is 0.290. The van der Waals surface area contributed by atoms with Gasteiger partial charge in [-0.3, -0.25) is 20.4 Å². The zero-order valence-electron chi connectivity index (χ0n) is 16.0. The number of thiophene rings is 1. The van der Waals surface area contributed by atoms with Gasteiger partial charge in [-0.2, -0.15) is 0 Å². The molecule has 7 heteroatoms. The van der Waals surface area contributed by atoms with Crippen molar-refractivity contribution in [1.82, 2.24) is 10.9 Å². The number of benzene rings is 1. The van der Waals surface area contributed by atoms with Crippen molar-refractivity contribution in [2.45, 2.75) is 32.1 Å². The number of hydrogen-bond acceptors (Lipinski definition) is 5. The van der Waals surface area contributed by atoms with Crippen molar-refractivity contribution in [2.75, 3.05) is 14.2 Å². The third-order valence-electron chi connectivity index (χ3n) is 4.62. The van der Waals surface area contributed by atoms with E-state index in [1.807, 2.05) is 6.07 Å². The van der Waals surface area contributed by atoms with E-state index in [0.29, 0.717) is 16.4 Å². The Bertz CT molecular complexity index is 865. The maximum atomic E-state index is 12.3. The predicted octanol–water partition coefficient (Wildman–Crippen LogP) is 3.51. The molecule has 1 heterocycles. The number of carbonyl (C=O) groups is 2. The molecule has 0 spiro atoms. The summed E-state index contributed by atoms with van der Waals surface area (Å²) in [6.45, 7) is 0. The highest BCUT2D eigenvalue weighted by Gasteiger charge is 2.16. The number of methoxy groups -OCH3 is 2. The summed E-state index contributed by atoms with van der Waals surface area (Å²) in [7, 11) is 3.13. The second-order valence-corrected chi connectivity index (χ2v) is 7.64. The van der Waals surface area contributed by atoms with Crippen LogP contribution in [0.5, 0.6) is 11.5 Å². The molecule has 1 aliphatic rings. The fourth-order valence-electron chi connectivity index (χ4n) is 3.12. The minimum Gasteiger partial charge on any atom is -0.497 e. The van der Waals surface area contributed by atoms with Crippen molar-refractivity contribution < 1.29 is 19.1 Å². The topological polar surface area (TPSA) is 76.7 Å². The molecule has 0 unspecified atom stereocenters. The lowest BCUT2D eigenvalue weighted by atomic mass is 10.1. The van der Waals surface area contributed by atoms with E-state index in [0.717, 1.165) is 18.4 Å². The van der Waals surface area contributed by atoms with E-state index in [9.17, 15) is 9.59 Å². The monoisotopic (exact) mass is 400 g/mol. The van der Waals surface area contributed by atoms with Crippen LogP contribution in [0, 0.1) is 0 Å². The summed E-state index contributed by atoms with van der Waals surface area (Å²) < 4.78 is 10.4. The number of aryl methyl sites for hydroxylation is 2. The third-order valence-corrected chi connectivity index (χ3v) is 5.86. The van der Waals surface area contributed by atoms with Gasteiger partial charge in [0, 0.05) is 22.6 Å². The molecule has 1 aliphatic carbocycles. The van der Waals surface area contributed by atoms with Crippen molar-refractivity contribution >= 4 is 29.2 Å². The van der Waals surface area contributed by atoms with Crippen LogP contribution in [-0.2, 0) is 17.6 Å². The molecule has 0 atom stereocenters. The summed E-state index contributed by atoms with van der Waals surface area (Å²) in [5, 5.41) is 0. The summed E-state index contributed by atoms with van der Waals surface area (Å²) in [6.07, 6.45) is 8.60. The first-order chi connectivity index (χ1) is 13.6. The van der Waals surface area contributed by atoms with Gasteiger partial charge in [-0.1, -0.05) is 6.42 Å².